The van der Waals surface area contributed by atoms with Gasteiger partial charge in [0.25, 0.3) is 0 Å². The van der Waals surface area contributed by atoms with Crippen LogP contribution < -0.4 is 5.32 Å². The molecule has 0 aliphatic rings. The number of carbonyl (C=O) groups excluding carboxylic acids is 1. The van der Waals surface area contributed by atoms with Gasteiger partial charge in [0, 0.05) is 6.54 Å². The average Bonchev–Trinajstić information content (AvgIpc) is 2.03. The minimum Gasteiger partial charge on any atom is -0.359 e. The Morgan fingerprint density at radius 3 is 2.45 bits per heavy atom. The van der Waals surface area contributed by atoms with Crippen molar-refractivity contribution >= 4 is 6.41 Å². The molecule has 0 aromatic heterocycles. The van der Waals surface area contributed by atoms with Gasteiger partial charge in [-0.05, 0) is 18.3 Å². The highest BCUT2D eigenvalue weighted by Crippen LogP contribution is 2.16. The molecular formula is C9H19NO. The van der Waals surface area contributed by atoms with Crippen molar-refractivity contribution in [3.05, 3.63) is 0 Å². The largest absolute Gasteiger partial charge is 0.359 e. The van der Waals surface area contributed by atoms with Crippen LogP contribution in [0.3, 0.4) is 0 Å². The summed E-state index contributed by atoms with van der Waals surface area (Å²) in [5, 5.41) is 2.68. The fraction of sp³-hybridized carbons (Fsp3) is 0.889. The second-order valence-electron chi connectivity index (χ2n) is 3.22. The first-order valence-electron chi connectivity index (χ1n) is 4.39. The lowest BCUT2D eigenvalue weighted by atomic mass is 9.91. The molecule has 0 aliphatic heterocycles. The van der Waals surface area contributed by atoms with Crippen LogP contribution in [-0.2, 0) is 4.79 Å². The predicted molar refractivity (Wildman–Crippen MR) is 47.3 cm³/mol. The summed E-state index contributed by atoms with van der Waals surface area (Å²) >= 11 is 0. The second-order valence-corrected chi connectivity index (χ2v) is 3.22. The third-order valence-corrected chi connectivity index (χ3v) is 2.44. The van der Waals surface area contributed by atoms with Crippen molar-refractivity contribution < 1.29 is 4.79 Å². The normalized spacial score (nSPS) is 15.5. The van der Waals surface area contributed by atoms with Gasteiger partial charge < -0.3 is 5.32 Å². The SMILES string of the molecule is CCC(C)[C@@H](C)CCNC=O. The van der Waals surface area contributed by atoms with Gasteiger partial charge in [-0.2, -0.15) is 0 Å². The minimum absolute atomic E-state index is 0.715. The molecule has 1 amide bonds. The molecule has 2 nitrogen and oxygen atoms in total. The van der Waals surface area contributed by atoms with Crippen LogP contribution in [0.1, 0.15) is 33.6 Å². The Labute approximate surface area is 69.4 Å². The van der Waals surface area contributed by atoms with Crippen LogP contribution in [0.25, 0.3) is 0 Å². The summed E-state index contributed by atoms with van der Waals surface area (Å²) in [6.45, 7) is 7.51. The lowest BCUT2D eigenvalue weighted by molar-refractivity contribution is -0.109. The summed E-state index contributed by atoms with van der Waals surface area (Å²) in [7, 11) is 0. The molecule has 0 bridgehead atoms. The zero-order valence-corrected chi connectivity index (χ0v) is 7.76. The van der Waals surface area contributed by atoms with Gasteiger partial charge in [-0.25, -0.2) is 0 Å². The van der Waals surface area contributed by atoms with E-state index in [4.69, 9.17) is 0 Å². The Morgan fingerprint density at radius 1 is 1.36 bits per heavy atom. The molecule has 0 heterocycles. The first-order chi connectivity index (χ1) is 5.22. The van der Waals surface area contributed by atoms with Crippen LogP contribution in [0.2, 0.25) is 0 Å². The Hall–Kier alpha value is -0.530. The summed E-state index contributed by atoms with van der Waals surface area (Å²) in [5.41, 5.74) is 0. The van der Waals surface area contributed by atoms with Crippen molar-refractivity contribution in [2.24, 2.45) is 11.8 Å². The molecule has 11 heavy (non-hydrogen) atoms. The van der Waals surface area contributed by atoms with Crippen molar-refractivity contribution in [1.82, 2.24) is 5.32 Å². The van der Waals surface area contributed by atoms with Gasteiger partial charge in [0.2, 0.25) is 6.41 Å². The van der Waals surface area contributed by atoms with Crippen molar-refractivity contribution in [2.75, 3.05) is 6.54 Å². The number of hydrogen-bond acceptors (Lipinski definition) is 1. The fourth-order valence-electron chi connectivity index (χ4n) is 1.06. The summed E-state index contributed by atoms with van der Waals surface area (Å²) in [5.74, 6) is 1.48. The van der Waals surface area contributed by atoms with E-state index in [1.165, 1.54) is 6.42 Å². The summed E-state index contributed by atoms with van der Waals surface area (Å²) in [6, 6.07) is 0. The van der Waals surface area contributed by atoms with Crippen molar-refractivity contribution in [3.63, 3.8) is 0 Å². The molecule has 0 radical (unpaired) electrons. The van der Waals surface area contributed by atoms with Crippen molar-refractivity contribution in [3.8, 4) is 0 Å². The molecule has 1 unspecified atom stereocenters. The Kier molecular flexibility index (Phi) is 5.90. The summed E-state index contributed by atoms with van der Waals surface area (Å²) in [4.78, 5) is 9.91. The number of carbonyl (C=O) groups is 1. The van der Waals surface area contributed by atoms with E-state index in [-0.39, 0.29) is 0 Å². The van der Waals surface area contributed by atoms with E-state index in [1.54, 1.807) is 0 Å². The van der Waals surface area contributed by atoms with E-state index in [1.807, 2.05) is 0 Å². The summed E-state index contributed by atoms with van der Waals surface area (Å²) in [6.07, 6.45) is 3.08. The van der Waals surface area contributed by atoms with Crippen LogP contribution in [0, 0.1) is 11.8 Å². The Balaban J connectivity index is 3.34. The van der Waals surface area contributed by atoms with Gasteiger partial charge in [0.05, 0.1) is 0 Å². The Bertz CT molecular complexity index is 104. The van der Waals surface area contributed by atoms with E-state index >= 15 is 0 Å². The molecule has 0 aromatic rings. The van der Waals surface area contributed by atoms with Crippen LogP contribution in [0.4, 0.5) is 0 Å². The van der Waals surface area contributed by atoms with Gasteiger partial charge in [0.15, 0.2) is 0 Å². The molecule has 1 N–H and O–H groups in total. The van der Waals surface area contributed by atoms with E-state index in [2.05, 4.69) is 26.1 Å². The predicted octanol–water partition coefficient (Wildman–Crippen LogP) is 1.80. The number of amides is 1. The lowest BCUT2D eigenvalue weighted by Crippen LogP contribution is -2.17. The van der Waals surface area contributed by atoms with Crippen LogP contribution in [-0.4, -0.2) is 13.0 Å². The smallest absolute Gasteiger partial charge is 0.207 e. The van der Waals surface area contributed by atoms with E-state index in [9.17, 15) is 4.79 Å². The minimum atomic E-state index is 0.715. The van der Waals surface area contributed by atoms with Crippen LogP contribution in [0.5, 0.6) is 0 Å². The molecule has 2 atom stereocenters. The average molecular weight is 157 g/mol. The molecule has 0 fully saturated rings. The Morgan fingerprint density at radius 2 is 2.00 bits per heavy atom. The van der Waals surface area contributed by atoms with E-state index in [0.29, 0.717) is 5.92 Å². The lowest BCUT2D eigenvalue weighted by Gasteiger charge is -2.17. The third-order valence-electron chi connectivity index (χ3n) is 2.44. The number of nitrogens with one attached hydrogen (secondary N) is 1. The fourth-order valence-corrected chi connectivity index (χ4v) is 1.06. The first kappa shape index (κ1) is 10.5. The molecular weight excluding hydrogens is 138 g/mol. The number of rotatable bonds is 6. The molecule has 0 spiro atoms. The maximum absolute atomic E-state index is 9.91. The van der Waals surface area contributed by atoms with E-state index < -0.39 is 0 Å². The highest BCUT2D eigenvalue weighted by molar-refractivity contribution is 5.45. The van der Waals surface area contributed by atoms with Gasteiger partial charge in [0.1, 0.15) is 0 Å². The molecule has 0 aromatic carbocycles. The van der Waals surface area contributed by atoms with Gasteiger partial charge >= 0.3 is 0 Å². The molecule has 66 valence electrons. The van der Waals surface area contributed by atoms with Gasteiger partial charge in [-0.1, -0.05) is 27.2 Å². The quantitative estimate of drug-likeness (QED) is 0.462. The van der Waals surface area contributed by atoms with Gasteiger partial charge in [-0.15, -0.1) is 0 Å². The topological polar surface area (TPSA) is 29.1 Å². The van der Waals surface area contributed by atoms with Crippen molar-refractivity contribution in [1.29, 1.82) is 0 Å². The van der Waals surface area contributed by atoms with E-state index in [0.717, 1.165) is 25.3 Å². The maximum atomic E-state index is 9.91. The second kappa shape index (κ2) is 6.20. The molecule has 0 saturated carbocycles. The molecule has 0 rings (SSSR count). The molecule has 0 saturated heterocycles. The zero-order chi connectivity index (χ0) is 8.69. The number of hydrogen-bond donors (Lipinski definition) is 1. The highest BCUT2D eigenvalue weighted by Gasteiger charge is 2.08. The summed E-state index contributed by atoms with van der Waals surface area (Å²) < 4.78 is 0. The zero-order valence-electron chi connectivity index (χ0n) is 7.76. The maximum Gasteiger partial charge on any atom is 0.207 e. The van der Waals surface area contributed by atoms with Crippen LogP contribution >= 0.6 is 0 Å². The molecule has 0 aliphatic carbocycles. The third kappa shape index (κ3) is 4.82. The highest BCUT2D eigenvalue weighted by atomic mass is 16.1. The molecule has 2 heteroatoms. The first-order valence-corrected chi connectivity index (χ1v) is 4.39. The van der Waals surface area contributed by atoms with Crippen LogP contribution in [0.15, 0.2) is 0 Å². The van der Waals surface area contributed by atoms with Crippen molar-refractivity contribution in [2.45, 2.75) is 33.6 Å². The standard InChI is InChI=1S/C9H19NO/c1-4-8(2)9(3)5-6-10-7-11/h7-9H,4-6H2,1-3H3,(H,10,11)/t8?,9-/m0/s1. The van der Waals surface area contributed by atoms with Gasteiger partial charge in [-0.3, -0.25) is 4.79 Å². The monoisotopic (exact) mass is 157 g/mol.